The van der Waals surface area contributed by atoms with E-state index in [0.29, 0.717) is 10.2 Å². The predicted octanol–water partition coefficient (Wildman–Crippen LogP) is 4.36. The predicted molar refractivity (Wildman–Crippen MR) is 80.1 cm³/mol. The second-order valence-corrected chi connectivity index (χ2v) is 6.67. The molecule has 0 spiro atoms. The molecule has 7 heteroatoms. The summed E-state index contributed by atoms with van der Waals surface area (Å²) in [5.41, 5.74) is 6.08. The van der Waals surface area contributed by atoms with Crippen molar-refractivity contribution in [3.05, 3.63) is 58.1 Å². The highest BCUT2D eigenvalue weighted by Gasteiger charge is 2.30. The van der Waals surface area contributed by atoms with E-state index in [9.17, 15) is 17.4 Å². The number of halogens is 4. The third kappa shape index (κ3) is 4.07. The summed E-state index contributed by atoms with van der Waals surface area (Å²) in [4.78, 5) is 0.147. The van der Waals surface area contributed by atoms with Gasteiger partial charge < -0.3 is 5.73 Å². The summed E-state index contributed by atoms with van der Waals surface area (Å²) in [5.74, 6) is 0.113. The molecule has 2 nitrogen and oxygen atoms in total. The molecule has 1 atom stereocenters. The summed E-state index contributed by atoms with van der Waals surface area (Å²) in [6, 6.07) is 9.58. The van der Waals surface area contributed by atoms with E-state index >= 15 is 0 Å². The smallest absolute Gasteiger partial charge is 0.399 e. The molecule has 0 fully saturated rings. The number of anilines is 1. The Morgan fingerprint density at radius 3 is 2.48 bits per heavy atom. The van der Waals surface area contributed by atoms with Crippen molar-refractivity contribution in [3.8, 4) is 0 Å². The van der Waals surface area contributed by atoms with Gasteiger partial charge in [-0.2, -0.15) is 13.2 Å². The first-order valence-corrected chi connectivity index (χ1v) is 7.98. The largest absolute Gasteiger partial charge is 0.416 e. The molecule has 2 aromatic rings. The first kappa shape index (κ1) is 16.0. The summed E-state index contributed by atoms with van der Waals surface area (Å²) < 4.78 is 50.8. The van der Waals surface area contributed by atoms with Crippen molar-refractivity contribution in [1.82, 2.24) is 0 Å². The highest BCUT2D eigenvalue weighted by molar-refractivity contribution is 9.10. The van der Waals surface area contributed by atoms with Crippen molar-refractivity contribution in [2.24, 2.45) is 0 Å². The van der Waals surface area contributed by atoms with Gasteiger partial charge in [-0.25, -0.2) is 0 Å². The molecule has 0 aliphatic heterocycles. The number of rotatable bonds is 3. The van der Waals surface area contributed by atoms with Gasteiger partial charge in [-0.05, 0) is 35.9 Å². The van der Waals surface area contributed by atoms with Crippen LogP contribution in [0.15, 0.2) is 51.8 Å². The Bertz CT molecular complexity index is 688. The molecule has 2 rings (SSSR count). The van der Waals surface area contributed by atoms with E-state index in [1.54, 1.807) is 18.2 Å². The maximum atomic E-state index is 12.6. The quantitative estimate of drug-likeness (QED) is 0.807. The Labute approximate surface area is 130 Å². The Balaban J connectivity index is 2.25. The molecule has 112 valence electrons. The van der Waals surface area contributed by atoms with Crippen LogP contribution in [0.2, 0.25) is 0 Å². The van der Waals surface area contributed by atoms with Crippen molar-refractivity contribution < 1.29 is 17.4 Å². The average Bonchev–Trinajstić information content (AvgIpc) is 2.41. The second-order valence-electron chi connectivity index (χ2n) is 4.37. The van der Waals surface area contributed by atoms with E-state index in [2.05, 4.69) is 15.9 Å². The van der Waals surface area contributed by atoms with Gasteiger partial charge in [0.05, 0.1) is 22.1 Å². The van der Waals surface area contributed by atoms with Gasteiger partial charge in [0.1, 0.15) is 0 Å². The molecule has 0 amide bonds. The lowest BCUT2D eigenvalue weighted by Crippen LogP contribution is -2.06. The fourth-order valence-electron chi connectivity index (χ4n) is 1.72. The Morgan fingerprint density at radius 2 is 1.86 bits per heavy atom. The van der Waals surface area contributed by atoms with Gasteiger partial charge in [0.2, 0.25) is 0 Å². The van der Waals surface area contributed by atoms with Gasteiger partial charge >= 0.3 is 6.18 Å². The number of nitrogen functional groups attached to an aromatic ring is 1. The van der Waals surface area contributed by atoms with E-state index in [1.165, 1.54) is 12.1 Å². The van der Waals surface area contributed by atoms with Crippen LogP contribution in [0, 0.1) is 0 Å². The lowest BCUT2D eigenvalue weighted by molar-refractivity contribution is -0.137. The number of hydrogen-bond donors (Lipinski definition) is 1. The van der Waals surface area contributed by atoms with Crippen LogP contribution in [0.3, 0.4) is 0 Å². The van der Waals surface area contributed by atoms with E-state index in [4.69, 9.17) is 5.73 Å². The average molecular weight is 378 g/mol. The standard InChI is InChI=1S/C14H11BrF3NOS/c15-13-7-11(19)5-4-9(13)8-21(20)12-3-1-2-10(6-12)14(16,17)18/h1-7H,8,19H2. The van der Waals surface area contributed by atoms with Crippen LogP contribution in [-0.4, -0.2) is 4.21 Å². The van der Waals surface area contributed by atoms with Gasteiger partial charge in [0.15, 0.2) is 0 Å². The van der Waals surface area contributed by atoms with Gasteiger partial charge in [0, 0.05) is 15.1 Å². The van der Waals surface area contributed by atoms with Crippen molar-refractivity contribution in [1.29, 1.82) is 0 Å². The van der Waals surface area contributed by atoms with Crippen molar-refractivity contribution in [2.45, 2.75) is 16.8 Å². The van der Waals surface area contributed by atoms with Crippen LogP contribution in [-0.2, 0) is 22.7 Å². The minimum absolute atomic E-state index is 0.113. The maximum absolute atomic E-state index is 12.6. The van der Waals surface area contributed by atoms with E-state index in [-0.39, 0.29) is 10.6 Å². The van der Waals surface area contributed by atoms with Crippen molar-refractivity contribution in [2.75, 3.05) is 5.73 Å². The molecule has 0 aliphatic carbocycles. The third-order valence-corrected chi connectivity index (χ3v) is 4.88. The van der Waals surface area contributed by atoms with Gasteiger partial charge in [-0.3, -0.25) is 4.21 Å². The SMILES string of the molecule is Nc1ccc(CS(=O)c2cccc(C(F)(F)F)c2)c(Br)c1. The number of alkyl halides is 3. The maximum Gasteiger partial charge on any atom is 0.416 e. The highest BCUT2D eigenvalue weighted by Crippen LogP contribution is 2.31. The van der Waals surface area contributed by atoms with E-state index < -0.39 is 22.5 Å². The summed E-state index contributed by atoms with van der Waals surface area (Å²) >= 11 is 3.30. The molecule has 21 heavy (non-hydrogen) atoms. The monoisotopic (exact) mass is 377 g/mol. The molecule has 0 aromatic heterocycles. The summed E-state index contributed by atoms with van der Waals surface area (Å²) in [5, 5.41) is 0. The number of nitrogens with two attached hydrogens (primary N) is 1. The molecule has 0 bridgehead atoms. The normalized spacial score (nSPS) is 13.1. The molecule has 0 aliphatic rings. The molecule has 2 N–H and O–H groups in total. The summed E-state index contributed by atoms with van der Waals surface area (Å²) in [6.07, 6.45) is -4.44. The minimum atomic E-state index is -4.44. The van der Waals surface area contributed by atoms with Gasteiger partial charge in [-0.15, -0.1) is 0 Å². The Hall–Kier alpha value is -1.34. The zero-order valence-corrected chi connectivity index (χ0v) is 13.1. The van der Waals surface area contributed by atoms with E-state index in [1.807, 2.05) is 0 Å². The van der Waals surface area contributed by atoms with Crippen LogP contribution in [0.1, 0.15) is 11.1 Å². The van der Waals surface area contributed by atoms with E-state index in [0.717, 1.165) is 17.7 Å². The first-order chi connectivity index (χ1) is 9.77. The lowest BCUT2D eigenvalue weighted by Gasteiger charge is -2.09. The van der Waals surface area contributed by atoms with Gasteiger partial charge in [-0.1, -0.05) is 28.1 Å². The molecule has 0 radical (unpaired) electrons. The van der Waals surface area contributed by atoms with Crippen LogP contribution in [0.5, 0.6) is 0 Å². The fourth-order valence-corrected chi connectivity index (χ4v) is 3.63. The summed E-state index contributed by atoms with van der Waals surface area (Å²) in [6.45, 7) is 0. The van der Waals surface area contributed by atoms with Crippen molar-refractivity contribution in [3.63, 3.8) is 0 Å². The molecule has 0 heterocycles. The van der Waals surface area contributed by atoms with Crippen LogP contribution >= 0.6 is 15.9 Å². The van der Waals surface area contributed by atoms with Crippen LogP contribution in [0.25, 0.3) is 0 Å². The van der Waals surface area contributed by atoms with Crippen LogP contribution in [0.4, 0.5) is 18.9 Å². The molecule has 1 unspecified atom stereocenters. The first-order valence-electron chi connectivity index (χ1n) is 5.87. The topological polar surface area (TPSA) is 43.1 Å². The second kappa shape index (κ2) is 6.19. The molecule has 0 saturated heterocycles. The van der Waals surface area contributed by atoms with Gasteiger partial charge in [0.25, 0.3) is 0 Å². The lowest BCUT2D eigenvalue weighted by atomic mass is 10.2. The zero-order chi connectivity index (χ0) is 15.6. The Kier molecular flexibility index (Phi) is 4.73. The number of hydrogen-bond acceptors (Lipinski definition) is 2. The minimum Gasteiger partial charge on any atom is -0.399 e. The molecular weight excluding hydrogens is 367 g/mol. The molecule has 0 saturated carbocycles. The van der Waals surface area contributed by atoms with Crippen molar-refractivity contribution >= 4 is 32.4 Å². The third-order valence-electron chi connectivity index (χ3n) is 2.79. The molecule has 2 aromatic carbocycles. The van der Waals surface area contributed by atoms with Crippen LogP contribution < -0.4 is 5.73 Å². The molecular formula is C14H11BrF3NOS. The Morgan fingerprint density at radius 1 is 1.14 bits per heavy atom. The summed E-state index contributed by atoms with van der Waals surface area (Å²) in [7, 11) is -1.57. The highest BCUT2D eigenvalue weighted by atomic mass is 79.9. The number of benzene rings is 2. The zero-order valence-electron chi connectivity index (χ0n) is 10.7. The fraction of sp³-hybridized carbons (Fsp3) is 0.143.